The zero-order valence-electron chi connectivity index (χ0n) is 5.52. The lowest BCUT2D eigenvalue weighted by molar-refractivity contribution is 1.53. The summed E-state index contributed by atoms with van der Waals surface area (Å²) in [5.74, 6) is 0.916. The molecule has 0 fully saturated rings. The highest BCUT2D eigenvalue weighted by Crippen LogP contribution is 2.14. The van der Waals surface area contributed by atoms with Gasteiger partial charge in [0.1, 0.15) is 4.38 Å². The van der Waals surface area contributed by atoms with E-state index in [-0.39, 0.29) is 0 Å². The Labute approximate surface area is 63.8 Å². The van der Waals surface area contributed by atoms with E-state index in [1.165, 1.54) is 23.5 Å². The van der Waals surface area contributed by atoms with Crippen LogP contribution in [-0.2, 0) is 0 Å². The molecule has 0 aliphatic carbocycles. The summed E-state index contributed by atoms with van der Waals surface area (Å²) < 4.78 is 0.519. The standard InChI is InChI=1S/C5H10N2S2/c1-3-8-5(7)9-4(2)6/h6-7H,3H2,1-2H3. The Hall–Kier alpha value is 0.0400. The molecule has 0 aliphatic heterocycles. The van der Waals surface area contributed by atoms with Gasteiger partial charge in [0.25, 0.3) is 0 Å². The van der Waals surface area contributed by atoms with Crippen LogP contribution in [0.3, 0.4) is 0 Å². The Balaban J connectivity index is 3.39. The minimum Gasteiger partial charge on any atom is -0.298 e. The average molecular weight is 162 g/mol. The van der Waals surface area contributed by atoms with Gasteiger partial charge in [-0.1, -0.05) is 6.92 Å². The fraction of sp³-hybridized carbons (Fsp3) is 0.600. The predicted molar refractivity (Wildman–Crippen MR) is 46.9 cm³/mol. The summed E-state index contributed by atoms with van der Waals surface area (Å²) in [4.78, 5) is 0. The highest BCUT2D eigenvalue weighted by molar-refractivity contribution is 8.44. The second-order valence-electron chi connectivity index (χ2n) is 1.38. The first kappa shape index (κ1) is 9.04. The smallest absolute Gasteiger partial charge is 0.127 e. The first-order valence-corrected chi connectivity index (χ1v) is 4.41. The molecule has 0 rings (SSSR count). The van der Waals surface area contributed by atoms with Crippen molar-refractivity contribution in [2.24, 2.45) is 0 Å². The van der Waals surface area contributed by atoms with Gasteiger partial charge in [0.15, 0.2) is 0 Å². The van der Waals surface area contributed by atoms with Crippen LogP contribution >= 0.6 is 23.5 Å². The summed E-state index contributed by atoms with van der Waals surface area (Å²) in [6, 6.07) is 0. The molecule has 2 N–H and O–H groups in total. The van der Waals surface area contributed by atoms with E-state index >= 15 is 0 Å². The SMILES string of the molecule is CCSC(=N)SC(C)=N. The molecule has 0 radical (unpaired) electrons. The molecule has 0 aromatic heterocycles. The molecule has 0 amide bonds. The molecule has 52 valence electrons. The molecule has 0 spiro atoms. The lowest BCUT2D eigenvalue weighted by atomic mass is 10.9. The van der Waals surface area contributed by atoms with Crippen LogP contribution in [-0.4, -0.2) is 15.2 Å². The van der Waals surface area contributed by atoms with Gasteiger partial charge in [-0.15, -0.1) is 11.8 Å². The van der Waals surface area contributed by atoms with Crippen molar-refractivity contribution in [1.29, 1.82) is 10.8 Å². The van der Waals surface area contributed by atoms with Crippen molar-refractivity contribution in [2.45, 2.75) is 13.8 Å². The predicted octanol–water partition coefficient (Wildman–Crippen LogP) is 2.40. The molecular weight excluding hydrogens is 152 g/mol. The van der Waals surface area contributed by atoms with Crippen molar-refractivity contribution in [3.05, 3.63) is 0 Å². The summed E-state index contributed by atoms with van der Waals surface area (Å²) in [5.41, 5.74) is 0. The van der Waals surface area contributed by atoms with Crippen molar-refractivity contribution in [1.82, 2.24) is 0 Å². The van der Waals surface area contributed by atoms with E-state index in [4.69, 9.17) is 10.8 Å². The quantitative estimate of drug-likeness (QED) is 0.459. The number of rotatable bonds is 1. The van der Waals surface area contributed by atoms with Crippen LogP contribution in [0.25, 0.3) is 0 Å². The van der Waals surface area contributed by atoms with Gasteiger partial charge in [-0.3, -0.25) is 10.8 Å². The van der Waals surface area contributed by atoms with Crippen LogP contribution in [0, 0.1) is 10.8 Å². The molecule has 0 unspecified atom stereocenters. The van der Waals surface area contributed by atoms with E-state index in [2.05, 4.69) is 0 Å². The Morgan fingerprint density at radius 2 is 2.00 bits per heavy atom. The fourth-order valence-corrected chi connectivity index (χ4v) is 1.80. The maximum atomic E-state index is 7.20. The molecule has 0 atom stereocenters. The van der Waals surface area contributed by atoms with Crippen molar-refractivity contribution < 1.29 is 0 Å². The number of hydrogen-bond donors (Lipinski definition) is 2. The summed E-state index contributed by atoms with van der Waals surface area (Å²) in [6.45, 7) is 3.69. The van der Waals surface area contributed by atoms with E-state index in [9.17, 15) is 0 Å². The van der Waals surface area contributed by atoms with Gasteiger partial charge in [0, 0.05) is 0 Å². The molecular formula is C5H10N2S2. The van der Waals surface area contributed by atoms with E-state index < -0.39 is 0 Å². The molecule has 0 saturated heterocycles. The maximum Gasteiger partial charge on any atom is 0.127 e. The Morgan fingerprint density at radius 3 is 2.33 bits per heavy atom. The summed E-state index contributed by atoms with van der Waals surface area (Å²) >= 11 is 2.67. The topological polar surface area (TPSA) is 47.7 Å². The molecule has 0 aromatic rings. The molecule has 4 heteroatoms. The summed E-state index contributed by atoms with van der Waals surface area (Å²) in [6.07, 6.45) is 0. The van der Waals surface area contributed by atoms with Crippen molar-refractivity contribution in [3.63, 3.8) is 0 Å². The molecule has 0 saturated carbocycles. The molecule has 2 nitrogen and oxygen atoms in total. The highest BCUT2D eigenvalue weighted by atomic mass is 32.2. The van der Waals surface area contributed by atoms with Gasteiger partial charge in [-0.25, -0.2) is 0 Å². The third-order valence-electron chi connectivity index (χ3n) is 0.521. The van der Waals surface area contributed by atoms with Crippen molar-refractivity contribution in [2.75, 3.05) is 5.75 Å². The third-order valence-corrected chi connectivity index (χ3v) is 2.17. The Morgan fingerprint density at radius 1 is 1.44 bits per heavy atom. The minimum absolute atomic E-state index is 0.487. The zero-order valence-corrected chi connectivity index (χ0v) is 7.16. The summed E-state index contributed by atoms with van der Waals surface area (Å²) in [7, 11) is 0. The van der Waals surface area contributed by atoms with Crippen LogP contribution in [0.2, 0.25) is 0 Å². The van der Waals surface area contributed by atoms with Crippen molar-refractivity contribution in [3.8, 4) is 0 Å². The molecule has 0 aromatic carbocycles. The first-order chi connectivity index (χ1) is 4.16. The van der Waals surface area contributed by atoms with E-state index in [0.29, 0.717) is 9.42 Å². The van der Waals surface area contributed by atoms with Crippen LogP contribution < -0.4 is 0 Å². The van der Waals surface area contributed by atoms with E-state index in [1.54, 1.807) is 6.92 Å². The average Bonchev–Trinajstić information content (AvgIpc) is 1.63. The highest BCUT2D eigenvalue weighted by Gasteiger charge is 1.96. The molecule has 9 heavy (non-hydrogen) atoms. The zero-order chi connectivity index (χ0) is 7.28. The number of nitrogens with one attached hydrogen (secondary N) is 2. The van der Waals surface area contributed by atoms with Crippen LogP contribution in [0.15, 0.2) is 0 Å². The lowest BCUT2D eigenvalue weighted by Gasteiger charge is -1.96. The number of hydrogen-bond acceptors (Lipinski definition) is 4. The normalized spacial score (nSPS) is 9.11. The van der Waals surface area contributed by atoms with Gasteiger partial charge in [-0.05, 0) is 24.4 Å². The van der Waals surface area contributed by atoms with Crippen LogP contribution in [0.4, 0.5) is 0 Å². The fourth-order valence-electron chi connectivity index (χ4n) is 0.300. The van der Waals surface area contributed by atoms with Crippen LogP contribution in [0.1, 0.15) is 13.8 Å². The second-order valence-corrected chi connectivity index (χ2v) is 4.14. The van der Waals surface area contributed by atoms with Gasteiger partial charge in [0.2, 0.25) is 0 Å². The van der Waals surface area contributed by atoms with Crippen molar-refractivity contribution >= 4 is 32.9 Å². The van der Waals surface area contributed by atoms with Gasteiger partial charge < -0.3 is 0 Å². The minimum atomic E-state index is 0.487. The molecule has 0 heterocycles. The largest absolute Gasteiger partial charge is 0.298 e. The maximum absolute atomic E-state index is 7.20. The Bertz CT molecular complexity index is 122. The van der Waals surface area contributed by atoms with Gasteiger partial charge >= 0.3 is 0 Å². The van der Waals surface area contributed by atoms with Crippen LogP contribution in [0.5, 0.6) is 0 Å². The first-order valence-electron chi connectivity index (χ1n) is 2.61. The van der Waals surface area contributed by atoms with E-state index in [1.807, 2.05) is 6.92 Å². The lowest BCUT2D eigenvalue weighted by Crippen LogP contribution is -1.87. The Kier molecular flexibility index (Phi) is 4.90. The van der Waals surface area contributed by atoms with Gasteiger partial charge in [-0.2, -0.15) is 0 Å². The van der Waals surface area contributed by atoms with E-state index in [0.717, 1.165) is 5.75 Å². The molecule has 0 aliphatic rings. The monoisotopic (exact) mass is 162 g/mol. The molecule has 0 bridgehead atoms. The third kappa shape index (κ3) is 5.92. The second kappa shape index (κ2) is 4.88. The van der Waals surface area contributed by atoms with Gasteiger partial charge in [0.05, 0.1) is 5.04 Å². The summed E-state index contributed by atoms with van der Waals surface area (Å²) in [5, 5.41) is 14.7. The number of thioether (sulfide) groups is 2.